The maximum atomic E-state index is 9.66. The van der Waals surface area contributed by atoms with Gasteiger partial charge in [-0.05, 0) is 55.4 Å². The van der Waals surface area contributed by atoms with E-state index in [0.717, 1.165) is 29.7 Å². The third-order valence-corrected chi connectivity index (χ3v) is 4.14. The van der Waals surface area contributed by atoms with E-state index in [1.54, 1.807) is 12.1 Å². The number of nitrogens with zero attached hydrogens (tertiary/aromatic N) is 2. The Balaban J connectivity index is 1.65. The predicted octanol–water partition coefficient (Wildman–Crippen LogP) is 3.08. The molecule has 0 aliphatic carbocycles. The highest BCUT2D eigenvalue weighted by molar-refractivity contribution is 5.92. The number of anilines is 1. The van der Waals surface area contributed by atoms with Crippen LogP contribution in [0.4, 0.5) is 5.82 Å². The molecule has 0 saturated carbocycles. The molecule has 1 aromatic heterocycles. The van der Waals surface area contributed by atoms with Gasteiger partial charge in [-0.1, -0.05) is 13.0 Å². The van der Waals surface area contributed by atoms with E-state index in [1.807, 2.05) is 18.3 Å². The second-order valence-corrected chi connectivity index (χ2v) is 6.06. The lowest BCUT2D eigenvalue weighted by atomic mass is 10.1. The Bertz CT molecular complexity index is 608. The van der Waals surface area contributed by atoms with Crippen LogP contribution in [0.3, 0.4) is 0 Å². The average Bonchev–Trinajstić information content (AvgIpc) is 2.98. The summed E-state index contributed by atoms with van der Waals surface area (Å²) in [7, 11) is 0. The second kappa shape index (κ2) is 6.31. The topological polar surface area (TPSA) is 48.4 Å². The fourth-order valence-electron chi connectivity index (χ4n) is 3.04. The molecule has 112 valence electrons. The van der Waals surface area contributed by atoms with Crippen molar-refractivity contribution in [2.45, 2.75) is 19.8 Å². The summed E-state index contributed by atoms with van der Waals surface area (Å²) in [6.07, 6.45) is 4.49. The van der Waals surface area contributed by atoms with Gasteiger partial charge in [0.25, 0.3) is 0 Å². The van der Waals surface area contributed by atoms with E-state index >= 15 is 0 Å². The first-order valence-corrected chi connectivity index (χ1v) is 7.76. The summed E-state index contributed by atoms with van der Waals surface area (Å²) in [5.74, 6) is 1.72. The molecule has 1 fully saturated rings. The lowest BCUT2D eigenvalue weighted by Crippen LogP contribution is -2.29. The predicted molar refractivity (Wildman–Crippen MR) is 86.7 cm³/mol. The number of aromatic hydroxyl groups is 1. The molecule has 1 aliphatic heterocycles. The fourth-order valence-corrected chi connectivity index (χ4v) is 3.04. The second-order valence-electron chi connectivity index (χ2n) is 6.06. The maximum Gasteiger partial charge on any atom is 0.133 e. The van der Waals surface area contributed by atoms with Gasteiger partial charge in [0.05, 0.1) is 0 Å². The highest BCUT2D eigenvalue weighted by Gasteiger charge is 2.14. The molecular formula is C17H23N3O. The molecule has 3 rings (SSSR count). The Labute approximate surface area is 125 Å². The van der Waals surface area contributed by atoms with Crippen LogP contribution < -0.4 is 5.32 Å². The van der Waals surface area contributed by atoms with Gasteiger partial charge in [-0.15, -0.1) is 0 Å². The molecule has 1 unspecified atom stereocenters. The van der Waals surface area contributed by atoms with E-state index in [0.29, 0.717) is 5.92 Å². The van der Waals surface area contributed by atoms with Crippen LogP contribution in [0.25, 0.3) is 10.8 Å². The number of hydrogen-bond acceptors (Lipinski definition) is 4. The lowest BCUT2D eigenvalue weighted by molar-refractivity contribution is 0.294. The largest absolute Gasteiger partial charge is 0.508 e. The molecule has 0 bridgehead atoms. The van der Waals surface area contributed by atoms with E-state index in [4.69, 9.17) is 0 Å². The molecule has 1 aromatic carbocycles. The number of nitrogens with one attached hydrogen (secondary N) is 1. The van der Waals surface area contributed by atoms with Gasteiger partial charge >= 0.3 is 0 Å². The Morgan fingerprint density at radius 1 is 1.29 bits per heavy atom. The summed E-state index contributed by atoms with van der Waals surface area (Å²) in [6, 6.07) is 7.37. The molecule has 21 heavy (non-hydrogen) atoms. The van der Waals surface area contributed by atoms with Crippen molar-refractivity contribution in [1.82, 2.24) is 9.88 Å². The van der Waals surface area contributed by atoms with E-state index in [9.17, 15) is 5.11 Å². The minimum Gasteiger partial charge on any atom is -0.508 e. The molecule has 2 heterocycles. The van der Waals surface area contributed by atoms with Gasteiger partial charge in [-0.25, -0.2) is 4.98 Å². The summed E-state index contributed by atoms with van der Waals surface area (Å²) in [5.41, 5.74) is 0. The monoisotopic (exact) mass is 285 g/mol. The molecule has 2 N–H and O–H groups in total. The number of phenols is 1. The molecule has 0 spiro atoms. The van der Waals surface area contributed by atoms with Crippen molar-refractivity contribution in [1.29, 1.82) is 0 Å². The minimum absolute atomic E-state index is 0.281. The van der Waals surface area contributed by atoms with Crippen molar-refractivity contribution in [3.05, 3.63) is 30.5 Å². The average molecular weight is 285 g/mol. The van der Waals surface area contributed by atoms with Crippen molar-refractivity contribution in [3.63, 3.8) is 0 Å². The van der Waals surface area contributed by atoms with Crippen LogP contribution >= 0.6 is 0 Å². The van der Waals surface area contributed by atoms with Gasteiger partial charge in [0.15, 0.2) is 0 Å². The zero-order valence-corrected chi connectivity index (χ0v) is 12.5. The van der Waals surface area contributed by atoms with Crippen LogP contribution in [-0.2, 0) is 0 Å². The normalized spacial score (nSPS) is 17.2. The van der Waals surface area contributed by atoms with Crippen molar-refractivity contribution in [2.75, 3.05) is 31.5 Å². The van der Waals surface area contributed by atoms with E-state index in [1.165, 1.54) is 25.9 Å². The zero-order valence-electron chi connectivity index (χ0n) is 12.5. The summed E-state index contributed by atoms with van der Waals surface area (Å²) >= 11 is 0. The fraction of sp³-hybridized carbons (Fsp3) is 0.471. The molecule has 2 aromatic rings. The molecular weight excluding hydrogens is 262 g/mol. The molecule has 0 amide bonds. The first kappa shape index (κ1) is 14.1. The van der Waals surface area contributed by atoms with Crippen LogP contribution in [0, 0.1) is 5.92 Å². The van der Waals surface area contributed by atoms with E-state index in [-0.39, 0.29) is 5.75 Å². The molecule has 4 nitrogen and oxygen atoms in total. The number of aromatic nitrogens is 1. The zero-order chi connectivity index (χ0) is 14.7. The van der Waals surface area contributed by atoms with Crippen LogP contribution in [0.15, 0.2) is 30.5 Å². The SMILES string of the molecule is CC(CNc1nccc2ccc(O)cc12)CN1CCCC1. The van der Waals surface area contributed by atoms with Crippen LogP contribution in [-0.4, -0.2) is 41.2 Å². The van der Waals surface area contributed by atoms with Gasteiger partial charge in [-0.2, -0.15) is 0 Å². The van der Waals surface area contributed by atoms with Gasteiger partial charge in [0.1, 0.15) is 11.6 Å². The molecule has 0 radical (unpaired) electrons. The van der Waals surface area contributed by atoms with Gasteiger partial charge < -0.3 is 15.3 Å². The summed E-state index contributed by atoms with van der Waals surface area (Å²) < 4.78 is 0. The minimum atomic E-state index is 0.281. The number of phenolic OH excluding ortho intramolecular Hbond substituents is 1. The van der Waals surface area contributed by atoms with Crippen molar-refractivity contribution in [3.8, 4) is 5.75 Å². The van der Waals surface area contributed by atoms with Gasteiger partial charge in [0, 0.05) is 24.7 Å². The van der Waals surface area contributed by atoms with Gasteiger partial charge in [-0.3, -0.25) is 0 Å². The van der Waals surface area contributed by atoms with Crippen molar-refractivity contribution >= 4 is 16.6 Å². The smallest absolute Gasteiger partial charge is 0.133 e. The molecule has 1 aliphatic rings. The third-order valence-electron chi connectivity index (χ3n) is 4.14. The van der Waals surface area contributed by atoms with Crippen LogP contribution in [0.1, 0.15) is 19.8 Å². The summed E-state index contributed by atoms with van der Waals surface area (Å²) in [6.45, 7) is 6.80. The number of rotatable bonds is 5. The van der Waals surface area contributed by atoms with Crippen LogP contribution in [0.2, 0.25) is 0 Å². The number of pyridine rings is 1. The first-order chi connectivity index (χ1) is 10.2. The standard InChI is InChI=1S/C17H23N3O/c1-13(12-20-8-2-3-9-20)11-19-17-16-10-15(21)5-4-14(16)6-7-18-17/h4-7,10,13,21H,2-3,8-9,11-12H2,1H3,(H,18,19). The number of benzene rings is 1. The highest BCUT2D eigenvalue weighted by atomic mass is 16.3. The Kier molecular flexibility index (Phi) is 4.25. The third kappa shape index (κ3) is 3.45. The Morgan fingerprint density at radius 3 is 2.90 bits per heavy atom. The van der Waals surface area contributed by atoms with Crippen molar-refractivity contribution < 1.29 is 5.11 Å². The van der Waals surface area contributed by atoms with Crippen molar-refractivity contribution in [2.24, 2.45) is 5.92 Å². The van der Waals surface area contributed by atoms with Crippen LogP contribution in [0.5, 0.6) is 5.75 Å². The summed E-state index contributed by atoms with van der Waals surface area (Å²) in [5, 5.41) is 15.2. The number of fused-ring (bicyclic) bond motifs is 1. The lowest BCUT2D eigenvalue weighted by Gasteiger charge is -2.21. The number of hydrogen-bond donors (Lipinski definition) is 2. The van der Waals surface area contributed by atoms with E-state index < -0.39 is 0 Å². The van der Waals surface area contributed by atoms with Gasteiger partial charge in [0.2, 0.25) is 0 Å². The first-order valence-electron chi connectivity index (χ1n) is 7.76. The Morgan fingerprint density at radius 2 is 2.10 bits per heavy atom. The molecule has 4 heteroatoms. The highest BCUT2D eigenvalue weighted by Crippen LogP contribution is 2.25. The maximum absolute atomic E-state index is 9.66. The Hall–Kier alpha value is -1.81. The summed E-state index contributed by atoms with van der Waals surface area (Å²) in [4.78, 5) is 6.95. The molecule has 1 saturated heterocycles. The number of likely N-dealkylation sites (tertiary alicyclic amines) is 1. The molecule has 1 atom stereocenters. The quantitative estimate of drug-likeness (QED) is 0.886. The van der Waals surface area contributed by atoms with E-state index in [2.05, 4.69) is 22.1 Å².